The fourth-order valence-electron chi connectivity index (χ4n) is 1.83. The SMILES string of the molecule is O[C@@H]1CC[C@@H]2C[C@@H]2C1. The van der Waals surface area contributed by atoms with Crippen molar-refractivity contribution in [1.29, 1.82) is 0 Å². The molecule has 0 aliphatic heterocycles. The van der Waals surface area contributed by atoms with Crippen molar-refractivity contribution in [1.82, 2.24) is 0 Å². The van der Waals surface area contributed by atoms with E-state index in [1.165, 1.54) is 12.8 Å². The Hall–Kier alpha value is -0.0400. The van der Waals surface area contributed by atoms with Crippen LogP contribution in [-0.4, -0.2) is 11.2 Å². The van der Waals surface area contributed by atoms with Crippen molar-refractivity contribution in [3.05, 3.63) is 0 Å². The van der Waals surface area contributed by atoms with Crippen LogP contribution in [0.2, 0.25) is 0 Å². The molecule has 2 fully saturated rings. The van der Waals surface area contributed by atoms with Crippen molar-refractivity contribution < 1.29 is 5.11 Å². The van der Waals surface area contributed by atoms with E-state index in [1.807, 2.05) is 0 Å². The molecule has 0 spiro atoms. The van der Waals surface area contributed by atoms with Crippen LogP contribution in [-0.2, 0) is 0 Å². The molecule has 2 saturated carbocycles. The van der Waals surface area contributed by atoms with E-state index in [0.717, 1.165) is 24.7 Å². The summed E-state index contributed by atoms with van der Waals surface area (Å²) in [7, 11) is 0. The number of aliphatic hydroxyl groups is 1. The molecule has 2 aliphatic carbocycles. The van der Waals surface area contributed by atoms with Crippen LogP contribution in [0, 0.1) is 11.8 Å². The van der Waals surface area contributed by atoms with E-state index in [-0.39, 0.29) is 6.10 Å². The molecule has 0 aromatic carbocycles. The Morgan fingerprint density at radius 2 is 1.88 bits per heavy atom. The highest BCUT2D eigenvalue weighted by Gasteiger charge is 2.41. The lowest BCUT2D eigenvalue weighted by Crippen LogP contribution is -2.12. The van der Waals surface area contributed by atoms with Crippen molar-refractivity contribution in [3.63, 3.8) is 0 Å². The highest BCUT2D eigenvalue weighted by molar-refractivity contribution is 4.92. The van der Waals surface area contributed by atoms with E-state index >= 15 is 0 Å². The zero-order chi connectivity index (χ0) is 5.56. The van der Waals surface area contributed by atoms with Gasteiger partial charge in [-0.1, -0.05) is 0 Å². The van der Waals surface area contributed by atoms with Gasteiger partial charge in [0.2, 0.25) is 0 Å². The first-order chi connectivity index (χ1) is 3.86. The summed E-state index contributed by atoms with van der Waals surface area (Å²) in [5.74, 6) is 1.96. The number of hydrogen-bond donors (Lipinski definition) is 1. The van der Waals surface area contributed by atoms with Gasteiger partial charge in [0, 0.05) is 0 Å². The van der Waals surface area contributed by atoms with E-state index < -0.39 is 0 Å². The molecule has 1 heteroatoms. The minimum atomic E-state index is 0.0544. The smallest absolute Gasteiger partial charge is 0.0543 e. The Bertz CT molecular complexity index is 101. The zero-order valence-corrected chi connectivity index (χ0v) is 5.01. The van der Waals surface area contributed by atoms with Gasteiger partial charge in [0.25, 0.3) is 0 Å². The van der Waals surface area contributed by atoms with Crippen LogP contribution in [0.25, 0.3) is 0 Å². The topological polar surface area (TPSA) is 20.2 Å². The lowest BCUT2D eigenvalue weighted by Gasteiger charge is -2.14. The molecule has 0 radical (unpaired) electrons. The van der Waals surface area contributed by atoms with Gasteiger partial charge in [0.15, 0.2) is 0 Å². The zero-order valence-electron chi connectivity index (χ0n) is 5.01. The van der Waals surface area contributed by atoms with E-state index in [1.54, 1.807) is 0 Å². The molecule has 0 saturated heterocycles. The predicted molar refractivity (Wildman–Crippen MR) is 31.5 cm³/mol. The maximum Gasteiger partial charge on any atom is 0.0543 e. The number of rotatable bonds is 0. The molecule has 0 amide bonds. The highest BCUT2D eigenvalue weighted by Crippen LogP contribution is 2.49. The number of aliphatic hydroxyl groups excluding tert-OH is 1. The van der Waals surface area contributed by atoms with E-state index in [0.29, 0.717) is 0 Å². The number of fused-ring (bicyclic) bond motifs is 1. The van der Waals surface area contributed by atoms with Gasteiger partial charge < -0.3 is 5.11 Å². The normalized spacial score (nSPS) is 52.9. The minimum absolute atomic E-state index is 0.0544. The summed E-state index contributed by atoms with van der Waals surface area (Å²) in [4.78, 5) is 0. The summed E-state index contributed by atoms with van der Waals surface area (Å²) >= 11 is 0. The number of hydrogen-bond acceptors (Lipinski definition) is 1. The van der Waals surface area contributed by atoms with Gasteiger partial charge in [-0.25, -0.2) is 0 Å². The van der Waals surface area contributed by atoms with Crippen molar-refractivity contribution in [2.45, 2.75) is 31.8 Å². The maximum atomic E-state index is 9.11. The Balaban J connectivity index is 1.93. The van der Waals surface area contributed by atoms with Gasteiger partial charge in [0.1, 0.15) is 0 Å². The third-order valence-electron chi connectivity index (χ3n) is 2.51. The van der Waals surface area contributed by atoms with E-state index in [9.17, 15) is 0 Å². The Morgan fingerprint density at radius 3 is 2.50 bits per heavy atom. The molecular weight excluding hydrogens is 100 g/mol. The van der Waals surface area contributed by atoms with E-state index in [4.69, 9.17) is 5.11 Å². The van der Waals surface area contributed by atoms with Crippen LogP contribution >= 0.6 is 0 Å². The molecule has 2 aliphatic rings. The summed E-state index contributed by atoms with van der Waals surface area (Å²) in [5, 5.41) is 9.11. The van der Waals surface area contributed by atoms with Gasteiger partial charge in [-0.3, -0.25) is 0 Å². The second-order valence-electron chi connectivity index (χ2n) is 3.22. The van der Waals surface area contributed by atoms with Gasteiger partial charge in [-0.2, -0.15) is 0 Å². The van der Waals surface area contributed by atoms with Crippen molar-refractivity contribution >= 4 is 0 Å². The molecule has 3 atom stereocenters. The lowest BCUT2D eigenvalue weighted by atomic mass is 9.98. The molecular formula is C7H12O. The quantitative estimate of drug-likeness (QED) is 0.498. The Morgan fingerprint density at radius 1 is 1.00 bits per heavy atom. The fraction of sp³-hybridized carbons (Fsp3) is 1.00. The van der Waals surface area contributed by atoms with Gasteiger partial charge in [0.05, 0.1) is 6.10 Å². The van der Waals surface area contributed by atoms with Crippen LogP contribution in [0.4, 0.5) is 0 Å². The van der Waals surface area contributed by atoms with Crippen LogP contribution in [0.3, 0.4) is 0 Å². The fourth-order valence-corrected chi connectivity index (χ4v) is 1.83. The van der Waals surface area contributed by atoms with Gasteiger partial charge >= 0.3 is 0 Å². The molecule has 8 heavy (non-hydrogen) atoms. The van der Waals surface area contributed by atoms with Crippen LogP contribution in [0.5, 0.6) is 0 Å². The first-order valence-corrected chi connectivity index (χ1v) is 3.54. The molecule has 46 valence electrons. The molecule has 0 heterocycles. The predicted octanol–water partition coefficient (Wildman–Crippen LogP) is 1.17. The Labute approximate surface area is 49.7 Å². The summed E-state index contributed by atoms with van der Waals surface area (Å²) in [5.41, 5.74) is 0. The van der Waals surface area contributed by atoms with E-state index in [2.05, 4.69) is 0 Å². The monoisotopic (exact) mass is 112 g/mol. The molecule has 2 rings (SSSR count). The molecule has 0 aromatic rings. The summed E-state index contributed by atoms with van der Waals surface area (Å²) in [6.45, 7) is 0. The van der Waals surface area contributed by atoms with Crippen LogP contribution in [0.15, 0.2) is 0 Å². The molecule has 1 nitrogen and oxygen atoms in total. The van der Waals surface area contributed by atoms with Gasteiger partial charge in [-0.15, -0.1) is 0 Å². The average molecular weight is 112 g/mol. The second kappa shape index (κ2) is 1.47. The Kier molecular flexibility index (Phi) is 0.884. The first kappa shape index (κ1) is 4.80. The molecule has 0 bridgehead atoms. The highest BCUT2D eigenvalue weighted by atomic mass is 16.3. The summed E-state index contributed by atoms with van der Waals surface area (Å²) in [6.07, 6.45) is 4.94. The third-order valence-corrected chi connectivity index (χ3v) is 2.51. The minimum Gasteiger partial charge on any atom is -0.393 e. The molecule has 0 aromatic heterocycles. The van der Waals surface area contributed by atoms with Crippen molar-refractivity contribution in [2.24, 2.45) is 11.8 Å². The first-order valence-electron chi connectivity index (χ1n) is 3.54. The molecule has 0 unspecified atom stereocenters. The largest absolute Gasteiger partial charge is 0.393 e. The second-order valence-corrected chi connectivity index (χ2v) is 3.22. The van der Waals surface area contributed by atoms with Crippen LogP contribution < -0.4 is 0 Å². The lowest BCUT2D eigenvalue weighted by molar-refractivity contribution is 0.125. The van der Waals surface area contributed by atoms with Crippen LogP contribution in [0.1, 0.15) is 25.7 Å². The van der Waals surface area contributed by atoms with Gasteiger partial charge in [-0.05, 0) is 37.5 Å². The van der Waals surface area contributed by atoms with Crippen molar-refractivity contribution in [3.8, 4) is 0 Å². The molecule has 1 N–H and O–H groups in total. The summed E-state index contributed by atoms with van der Waals surface area (Å²) < 4.78 is 0. The standard InChI is InChI=1S/C7H12O/c8-7-2-1-5-3-6(5)4-7/h5-8H,1-4H2/t5-,6-,7-/m1/s1. The third kappa shape index (κ3) is 0.655. The summed E-state index contributed by atoms with van der Waals surface area (Å²) in [6, 6.07) is 0. The maximum absolute atomic E-state index is 9.11. The van der Waals surface area contributed by atoms with Crippen molar-refractivity contribution in [2.75, 3.05) is 0 Å². The average Bonchev–Trinajstić information content (AvgIpc) is 2.43.